The molecule has 0 spiro atoms. The summed E-state index contributed by atoms with van der Waals surface area (Å²) in [4.78, 5) is 29.4. The average molecular weight is 433 g/mol. The topological polar surface area (TPSA) is 86.1 Å². The molecule has 1 aromatic carbocycles. The van der Waals surface area contributed by atoms with E-state index < -0.39 is 0 Å². The number of aryl methyl sites for hydroxylation is 3. The number of thiazole rings is 1. The predicted octanol–water partition coefficient (Wildman–Crippen LogP) is 3.14. The van der Waals surface area contributed by atoms with Crippen LogP contribution in [0.15, 0.2) is 35.1 Å². The Hall–Kier alpha value is -2.71. The zero-order valence-electron chi connectivity index (χ0n) is 16.4. The van der Waals surface area contributed by atoms with E-state index in [0.29, 0.717) is 16.5 Å². The van der Waals surface area contributed by atoms with Crippen molar-refractivity contribution in [3.63, 3.8) is 0 Å². The number of ether oxygens (including phenoxy) is 1. The molecule has 0 bridgehead atoms. The van der Waals surface area contributed by atoms with Crippen LogP contribution in [-0.4, -0.2) is 33.8 Å². The van der Waals surface area contributed by atoms with Crippen molar-refractivity contribution in [1.29, 1.82) is 0 Å². The van der Waals surface area contributed by atoms with Crippen LogP contribution in [0, 0.1) is 20.8 Å². The largest absolute Gasteiger partial charge is 0.484 e. The molecule has 1 N–H and O–H groups in total. The maximum absolute atomic E-state index is 12.1. The highest BCUT2D eigenvalue weighted by Crippen LogP contribution is 2.27. The molecular weight excluding hydrogens is 412 g/mol. The molecule has 9 heteroatoms. The van der Waals surface area contributed by atoms with E-state index in [1.165, 1.54) is 22.1 Å². The Kier molecular flexibility index (Phi) is 6.66. The molecule has 152 valence electrons. The number of rotatable bonds is 7. The van der Waals surface area contributed by atoms with E-state index in [1.807, 2.05) is 20.8 Å². The average Bonchev–Trinajstić information content (AvgIpc) is 3.02. The van der Waals surface area contributed by atoms with Crippen molar-refractivity contribution in [3.8, 4) is 16.3 Å². The Balaban J connectivity index is 1.55. The van der Waals surface area contributed by atoms with Crippen LogP contribution in [-0.2, 0) is 11.3 Å². The molecule has 1 amide bonds. The number of nitrogens with zero attached hydrogens (tertiary/aromatic N) is 3. The molecule has 0 aliphatic heterocycles. The Morgan fingerprint density at radius 1 is 1.24 bits per heavy atom. The molecule has 0 saturated heterocycles. The summed E-state index contributed by atoms with van der Waals surface area (Å²) in [5, 5.41) is 8.72. The molecule has 0 radical (unpaired) electrons. The second-order valence-corrected chi connectivity index (χ2v) is 8.09. The zero-order valence-corrected chi connectivity index (χ0v) is 17.9. The van der Waals surface area contributed by atoms with Crippen LogP contribution in [0.1, 0.15) is 16.3 Å². The van der Waals surface area contributed by atoms with E-state index in [4.69, 9.17) is 16.3 Å². The van der Waals surface area contributed by atoms with Gasteiger partial charge >= 0.3 is 0 Å². The van der Waals surface area contributed by atoms with E-state index in [2.05, 4.69) is 15.4 Å². The van der Waals surface area contributed by atoms with Crippen LogP contribution < -0.4 is 15.6 Å². The fourth-order valence-corrected chi connectivity index (χ4v) is 3.71. The molecule has 0 fully saturated rings. The number of benzene rings is 1. The summed E-state index contributed by atoms with van der Waals surface area (Å²) in [7, 11) is 0. The summed E-state index contributed by atoms with van der Waals surface area (Å²) in [6.07, 6.45) is 0. The molecule has 29 heavy (non-hydrogen) atoms. The van der Waals surface area contributed by atoms with E-state index in [9.17, 15) is 9.59 Å². The Morgan fingerprint density at radius 2 is 2.03 bits per heavy atom. The van der Waals surface area contributed by atoms with Crippen molar-refractivity contribution >= 4 is 28.8 Å². The van der Waals surface area contributed by atoms with Gasteiger partial charge in [0.15, 0.2) is 6.61 Å². The number of hydrogen-bond acceptors (Lipinski definition) is 6. The van der Waals surface area contributed by atoms with Crippen molar-refractivity contribution in [1.82, 2.24) is 20.1 Å². The van der Waals surface area contributed by atoms with Gasteiger partial charge in [0.2, 0.25) is 0 Å². The van der Waals surface area contributed by atoms with Crippen LogP contribution in [0.5, 0.6) is 5.75 Å². The lowest BCUT2D eigenvalue weighted by Crippen LogP contribution is -2.34. The van der Waals surface area contributed by atoms with E-state index in [-0.39, 0.29) is 31.2 Å². The van der Waals surface area contributed by atoms with Gasteiger partial charge in [0, 0.05) is 17.6 Å². The molecule has 0 saturated carbocycles. The summed E-state index contributed by atoms with van der Waals surface area (Å²) < 4.78 is 6.80. The van der Waals surface area contributed by atoms with Gasteiger partial charge in [-0.3, -0.25) is 9.59 Å². The second-order valence-electron chi connectivity index (χ2n) is 6.48. The third kappa shape index (κ3) is 5.42. The first-order valence-corrected chi connectivity index (χ1v) is 10.2. The first kappa shape index (κ1) is 21.0. The van der Waals surface area contributed by atoms with Crippen molar-refractivity contribution in [2.24, 2.45) is 0 Å². The maximum Gasteiger partial charge on any atom is 0.266 e. The van der Waals surface area contributed by atoms with Crippen LogP contribution in [0.2, 0.25) is 5.02 Å². The highest BCUT2D eigenvalue weighted by Gasteiger charge is 2.11. The number of amides is 1. The van der Waals surface area contributed by atoms with Crippen LogP contribution in [0.4, 0.5) is 0 Å². The van der Waals surface area contributed by atoms with Gasteiger partial charge < -0.3 is 10.1 Å². The van der Waals surface area contributed by atoms with Crippen LogP contribution in [0.25, 0.3) is 10.6 Å². The van der Waals surface area contributed by atoms with Crippen LogP contribution >= 0.6 is 22.9 Å². The maximum atomic E-state index is 12.1. The Labute approximate surface area is 177 Å². The summed E-state index contributed by atoms with van der Waals surface area (Å²) in [6.45, 7) is 6.11. The van der Waals surface area contributed by atoms with Gasteiger partial charge in [-0.15, -0.1) is 11.3 Å². The van der Waals surface area contributed by atoms with Gasteiger partial charge in [-0.2, -0.15) is 5.10 Å². The Bertz CT molecular complexity index is 1090. The number of halogens is 1. The molecule has 0 aliphatic carbocycles. The third-order valence-electron chi connectivity index (χ3n) is 4.15. The molecule has 7 nitrogen and oxygen atoms in total. The smallest absolute Gasteiger partial charge is 0.266 e. The molecule has 2 heterocycles. The minimum Gasteiger partial charge on any atom is -0.484 e. The Morgan fingerprint density at radius 3 is 2.72 bits per heavy atom. The minimum absolute atomic E-state index is 0.122. The quantitative estimate of drug-likeness (QED) is 0.619. The van der Waals surface area contributed by atoms with Gasteiger partial charge in [-0.05, 0) is 50.6 Å². The molecule has 3 aromatic rings. The highest BCUT2D eigenvalue weighted by molar-refractivity contribution is 7.15. The van der Waals surface area contributed by atoms with Gasteiger partial charge in [-0.25, -0.2) is 9.67 Å². The van der Waals surface area contributed by atoms with Gasteiger partial charge in [-0.1, -0.05) is 11.6 Å². The van der Waals surface area contributed by atoms with Crippen LogP contribution in [0.3, 0.4) is 0 Å². The zero-order chi connectivity index (χ0) is 21.0. The van der Waals surface area contributed by atoms with E-state index >= 15 is 0 Å². The predicted molar refractivity (Wildman–Crippen MR) is 114 cm³/mol. The molecule has 2 aromatic heterocycles. The molecule has 0 unspecified atom stereocenters. The second kappa shape index (κ2) is 9.19. The molecule has 0 aliphatic rings. The summed E-state index contributed by atoms with van der Waals surface area (Å²) in [6, 6.07) is 8.37. The normalized spacial score (nSPS) is 10.8. The van der Waals surface area contributed by atoms with Gasteiger partial charge in [0.05, 0.1) is 22.1 Å². The minimum atomic E-state index is -0.282. The van der Waals surface area contributed by atoms with Crippen molar-refractivity contribution in [3.05, 3.63) is 62.0 Å². The lowest BCUT2D eigenvalue weighted by atomic mass is 10.2. The first-order valence-electron chi connectivity index (χ1n) is 9.01. The number of carbonyl (C=O) groups is 1. The molecule has 0 atom stereocenters. The van der Waals surface area contributed by atoms with Crippen molar-refractivity contribution in [2.45, 2.75) is 27.3 Å². The van der Waals surface area contributed by atoms with E-state index in [1.54, 1.807) is 24.3 Å². The third-order valence-corrected chi connectivity index (χ3v) is 5.67. The highest BCUT2D eigenvalue weighted by atomic mass is 35.5. The van der Waals surface area contributed by atoms with Gasteiger partial charge in [0.1, 0.15) is 11.4 Å². The summed E-state index contributed by atoms with van der Waals surface area (Å²) in [5.74, 6) is 0.290. The molecule has 3 rings (SSSR count). The summed E-state index contributed by atoms with van der Waals surface area (Å²) >= 11 is 7.50. The lowest BCUT2D eigenvalue weighted by molar-refractivity contribution is -0.123. The monoisotopic (exact) mass is 432 g/mol. The van der Waals surface area contributed by atoms with Gasteiger partial charge in [0.25, 0.3) is 11.5 Å². The van der Waals surface area contributed by atoms with E-state index in [0.717, 1.165) is 21.1 Å². The fraction of sp³-hybridized carbons (Fsp3) is 0.300. The SMILES string of the molecule is Cc1nc(C)c(-c2ccc(=O)n(CCNC(=O)COc3ccc(Cl)c(C)c3)n2)s1. The number of nitrogens with one attached hydrogen (secondary N) is 1. The standard InChI is InChI=1S/C20H21ClN4O3S/c1-12-10-15(4-5-16(12)21)28-11-18(26)22-8-9-25-19(27)7-6-17(24-25)20-13(2)23-14(3)29-20/h4-7,10H,8-9,11H2,1-3H3,(H,22,26). The van der Waals surface area contributed by atoms with Crippen molar-refractivity contribution in [2.75, 3.05) is 13.2 Å². The summed E-state index contributed by atoms with van der Waals surface area (Å²) in [5.41, 5.74) is 2.23. The molecular formula is C20H21ClN4O3S. The van der Waals surface area contributed by atoms with Crippen molar-refractivity contribution < 1.29 is 9.53 Å². The first-order chi connectivity index (χ1) is 13.8. The number of carbonyl (C=O) groups excluding carboxylic acids is 1. The lowest BCUT2D eigenvalue weighted by Gasteiger charge is -2.10. The number of hydrogen-bond donors (Lipinski definition) is 1. The fourth-order valence-electron chi connectivity index (χ4n) is 2.71. The number of aromatic nitrogens is 3.